The maximum atomic E-state index is 12.8. The van der Waals surface area contributed by atoms with E-state index in [2.05, 4.69) is 10.0 Å². The molecule has 31 heavy (non-hydrogen) atoms. The molecule has 12 heteroatoms. The first kappa shape index (κ1) is 25.3. The van der Waals surface area contributed by atoms with Crippen LogP contribution in [0.1, 0.15) is 40.3 Å². The third-order valence-electron chi connectivity index (χ3n) is 6.37. The Hall–Kier alpha value is -1.95. The van der Waals surface area contributed by atoms with E-state index in [-0.39, 0.29) is 11.5 Å². The molecule has 2 heterocycles. The van der Waals surface area contributed by atoms with Crippen LogP contribution in [-0.4, -0.2) is 58.1 Å². The highest BCUT2D eigenvalue weighted by molar-refractivity contribution is 6.74. The molecule has 0 radical (unpaired) electrons. The molecule has 0 bridgehead atoms. The number of rotatable bonds is 7. The number of nitrogens with zero attached hydrogens (tertiary/aromatic N) is 5. The van der Waals surface area contributed by atoms with Gasteiger partial charge in [-0.05, 0) is 30.1 Å². The predicted octanol–water partition coefficient (Wildman–Crippen LogP) is 1.65. The van der Waals surface area contributed by atoms with Crippen molar-refractivity contribution in [1.29, 1.82) is 0 Å². The molecule has 0 aromatic carbocycles. The Kier molecular flexibility index (Phi) is 7.26. The lowest BCUT2D eigenvalue weighted by Crippen LogP contribution is -2.57. The molecule has 1 aliphatic rings. The Morgan fingerprint density at radius 3 is 2.55 bits per heavy atom. The number of hydrogen-bond donors (Lipinski definition) is 2. The minimum absolute atomic E-state index is 0.0431. The molecular formula is C19H33N5O6Si. The molecule has 5 atom stereocenters. The third-order valence-corrected chi connectivity index (χ3v) is 10.8. The highest BCUT2D eigenvalue weighted by atomic mass is 28.4. The minimum Gasteiger partial charge on any atom is -0.406 e. The van der Waals surface area contributed by atoms with Crippen LogP contribution >= 0.6 is 0 Å². The van der Waals surface area contributed by atoms with Crippen molar-refractivity contribution in [3.05, 3.63) is 43.5 Å². The fourth-order valence-electron chi connectivity index (χ4n) is 3.49. The third kappa shape index (κ3) is 4.79. The molecule has 174 valence electrons. The molecule has 0 aliphatic carbocycles. The van der Waals surface area contributed by atoms with Gasteiger partial charge in [0.1, 0.15) is 17.8 Å². The molecule has 0 unspecified atom stereocenters. The molecule has 1 aromatic heterocycles. The maximum Gasteiger partial charge on any atom is 0.332 e. The van der Waals surface area contributed by atoms with E-state index >= 15 is 0 Å². The van der Waals surface area contributed by atoms with Crippen LogP contribution in [0, 0.1) is 0 Å². The summed E-state index contributed by atoms with van der Waals surface area (Å²) >= 11 is 0. The van der Waals surface area contributed by atoms with E-state index in [1.807, 2.05) is 33.9 Å². The van der Waals surface area contributed by atoms with E-state index in [0.29, 0.717) is 0 Å². The predicted molar refractivity (Wildman–Crippen MR) is 117 cm³/mol. The fourth-order valence-corrected chi connectivity index (χ4v) is 4.79. The van der Waals surface area contributed by atoms with Crippen molar-refractivity contribution >= 4 is 8.32 Å². The summed E-state index contributed by atoms with van der Waals surface area (Å²) in [6, 6.07) is 0.607. The summed E-state index contributed by atoms with van der Waals surface area (Å²) in [4.78, 5) is 27.5. The highest BCUT2D eigenvalue weighted by Gasteiger charge is 2.59. The summed E-state index contributed by atoms with van der Waals surface area (Å²) in [6.45, 7) is 11.2. The van der Waals surface area contributed by atoms with E-state index in [0.717, 1.165) is 4.57 Å². The quantitative estimate of drug-likeness (QED) is 0.276. The van der Waals surface area contributed by atoms with Crippen molar-refractivity contribution < 1.29 is 19.4 Å². The van der Waals surface area contributed by atoms with E-state index in [4.69, 9.17) is 14.7 Å². The highest BCUT2D eigenvalue weighted by Crippen LogP contribution is 2.46. The maximum absolute atomic E-state index is 12.8. The Morgan fingerprint density at radius 2 is 2.03 bits per heavy atom. The number of aromatic nitrogens is 2. The van der Waals surface area contributed by atoms with Gasteiger partial charge in [-0.1, -0.05) is 32.8 Å². The Morgan fingerprint density at radius 1 is 1.42 bits per heavy atom. The van der Waals surface area contributed by atoms with Gasteiger partial charge in [0, 0.05) is 30.3 Å². The van der Waals surface area contributed by atoms with Gasteiger partial charge in [-0.3, -0.25) is 13.9 Å². The molecule has 0 spiro atoms. The van der Waals surface area contributed by atoms with Crippen LogP contribution in [0.2, 0.25) is 18.1 Å². The van der Waals surface area contributed by atoms with Crippen molar-refractivity contribution in [3.8, 4) is 0 Å². The summed E-state index contributed by atoms with van der Waals surface area (Å²) in [5.41, 5.74) is 5.94. The molecular weight excluding hydrogens is 422 g/mol. The van der Waals surface area contributed by atoms with Crippen LogP contribution in [0.3, 0.4) is 0 Å². The minimum atomic E-state index is -2.50. The van der Waals surface area contributed by atoms with E-state index in [9.17, 15) is 19.8 Å². The van der Waals surface area contributed by atoms with Gasteiger partial charge in [-0.2, -0.15) is 0 Å². The normalized spacial score (nSPS) is 27.7. The zero-order valence-corrected chi connectivity index (χ0v) is 20.1. The van der Waals surface area contributed by atoms with Crippen LogP contribution in [0.25, 0.3) is 10.4 Å². The zero-order chi connectivity index (χ0) is 23.8. The zero-order valence-electron chi connectivity index (χ0n) is 19.1. The van der Waals surface area contributed by atoms with E-state index in [1.165, 1.54) is 23.9 Å². The van der Waals surface area contributed by atoms with Gasteiger partial charge in [0.25, 0.3) is 5.56 Å². The van der Waals surface area contributed by atoms with Gasteiger partial charge in [0.15, 0.2) is 14.5 Å². The van der Waals surface area contributed by atoms with Crippen LogP contribution in [0.5, 0.6) is 0 Å². The SMILES string of the molecule is C[C@@H](C[C@]1(O)[C@@H](CO)O[C@@H](n2ccc(=O)n(C)c2=O)[C@@H]1O[Si](C)(C)C(C)(C)C)N=[N+]=[N-]. The fraction of sp³-hybridized carbons (Fsp3) is 0.789. The molecule has 1 fully saturated rings. The standard InChI is InChI=1S/C19H33N5O6Si/c1-12(21-22-20)10-19(28)13(11-25)29-16(15(19)30-31(6,7)18(2,3)4)24-9-8-14(26)23(5)17(24)27/h8-9,12-13,15-16,25,28H,10-11H2,1-7H3/t12-,13+,15-,16+,19-/m0/s1. The average Bonchev–Trinajstić information content (AvgIpc) is 2.90. The number of azide groups is 1. The Labute approximate surface area is 182 Å². The van der Waals surface area contributed by atoms with Gasteiger partial charge in [-0.25, -0.2) is 4.79 Å². The van der Waals surface area contributed by atoms with Crippen LogP contribution in [-0.2, 0) is 16.2 Å². The van der Waals surface area contributed by atoms with Crippen molar-refractivity contribution in [2.24, 2.45) is 12.2 Å². The first-order chi connectivity index (χ1) is 14.2. The van der Waals surface area contributed by atoms with Crippen molar-refractivity contribution in [1.82, 2.24) is 9.13 Å². The van der Waals surface area contributed by atoms with Crippen molar-refractivity contribution in [3.63, 3.8) is 0 Å². The topological polar surface area (TPSA) is 152 Å². The molecule has 1 aliphatic heterocycles. The van der Waals surface area contributed by atoms with Gasteiger partial charge < -0.3 is 19.4 Å². The molecule has 2 rings (SSSR count). The molecule has 2 N–H and O–H groups in total. The van der Waals surface area contributed by atoms with Gasteiger partial charge in [0.2, 0.25) is 0 Å². The first-order valence-corrected chi connectivity index (χ1v) is 13.1. The summed E-state index contributed by atoms with van der Waals surface area (Å²) < 4.78 is 14.6. The van der Waals surface area contributed by atoms with Gasteiger partial charge >= 0.3 is 5.69 Å². The first-order valence-electron chi connectivity index (χ1n) is 10.2. The Bertz CT molecular complexity index is 964. The Balaban J connectivity index is 2.66. The second kappa shape index (κ2) is 8.89. The number of aliphatic hydroxyl groups is 2. The van der Waals surface area contributed by atoms with Crippen LogP contribution < -0.4 is 11.2 Å². The number of aliphatic hydroxyl groups excluding tert-OH is 1. The van der Waals surface area contributed by atoms with Crippen LogP contribution in [0.15, 0.2) is 27.0 Å². The molecule has 0 amide bonds. The van der Waals surface area contributed by atoms with Crippen LogP contribution in [0.4, 0.5) is 0 Å². The molecule has 11 nitrogen and oxygen atoms in total. The summed E-state index contributed by atoms with van der Waals surface area (Å²) in [6.07, 6.45) is -1.97. The number of hydrogen-bond acceptors (Lipinski definition) is 7. The second-order valence-electron chi connectivity index (χ2n) is 9.65. The van der Waals surface area contributed by atoms with E-state index in [1.54, 1.807) is 6.92 Å². The van der Waals surface area contributed by atoms with Gasteiger partial charge in [0.05, 0.1) is 6.61 Å². The largest absolute Gasteiger partial charge is 0.406 e. The monoisotopic (exact) mass is 455 g/mol. The lowest BCUT2D eigenvalue weighted by Gasteiger charge is -2.43. The molecule has 0 saturated carbocycles. The second-order valence-corrected chi connectivity index (χ2v) is 14.4. The number of ether oxygens (including phenoxy) is 1. The lowest BCUT2D eigenvalue weighted by atomic mass is 9.86. The molecule has 1 aromatic rings. The lowest BCUT2D eigenvalue weighted by molar-refractivity contribution is -0.0972. The van der Waals surface area contributed by atoms with E-state index < -0.39 is 56.3 Å². The summed E-state index contributed by atoms with van der Waals surface area (Å²) in [7, 11) is -1.15. The molecule has 1 saturated heterocycles. The van der Waals surface area contributed by atoms with Crippen molar-refractivity contribution in [2.75, 3.05) is 6.61 Å². The van der Waals surface area contributed by atoms with Crippen molar-refractivity contribution in [2.45, 2.75) is 82.3 Å². The summed E-state index contributed by atoms with van der Waals surface area (Å²) in [5, 5.41) is 25.1. The average molecular weight is 456 g/mol. The smallest absolute Gasteiger partial charge is 0.332 e. The van der Waals surface area contributed by atoms with Gasteiger partial charge in [-0.15, -0.1) is 0 Å². The summed E-state index contributed by atoms with van der Waals surface area (Å²) in [5.74, 6) is 0.